The molecule has 0 spiro atoms. The first-order chi connectivity index (χ1) is 30.8. The SMILES string of the molecule is CCCCCCCCCCCCCCCCOCCOCCOCCOCCOCCOCCOCCOCCOCCOCCOCCOCCOC(=O)CCCCCCC. The summed E-state index contributed by atoms with van der Waals surface area (Å²) < 4.78 is 71.5. The minimum atomic E-state index is -0.146. The molecule has 0 fully saturated rings. The maximum absolute atomic E-state index is 11.6. The van der Waals surface area contributed by atoms with Crippen molar-refractivity contribution >= 4 is 5.97 Å². The van der Waals surface area contributed by atoms with Crippen molar-refractivity contribution < 1.29 is 66.4 Å². The molecule has 14 nitrogen and oxygen atoms in total. The topological polar surface area (TPSA) is 137 Å². The highest BCUT2D eigenvalue weighted by Crippen LogP contribution is 2.13. The van der Waals surface area contributed by atoms with E-state index in [9.17, 15) is 4.79 Å². The van der Waals surface area contributed by atoms with E-state index in [1.807, 2.05) is 0 Å². The molecule has 0 aliphatic heterocycles. The highest BCUT2D eigenvalue weighted by molar-refractivity contribution is 5.69. The number of ether oxygens (including phenoxy) is 13. The molecule has 0 amide bonds. The van der Waals surface area contributed by atoms with Crippen molar-refractivity contribution in [2.24, 2.45) is 0 Å². The zero-order chi connectivity index (χ0) is 44.6. The van der Waals surface area contributed by atoms with Crippen molar-refractivity contribution in [3.63, 3.8) is 0 Å². The van der Waals surface area contributed by atoms with Crippen molar-refractivity contribution in [1.82, 2.24) is 0 Å². The van der Waals surface area contributed by atoms with Crippen LogP contribution < -0.4 is 0 Å². The van der Waals surface area contributed by atoms with Gasteiger partial charge < -0.3 is 61.6 Å². The van der Waals surface area contributed by atoms with E-state index in [1.165, 1.54) is 103 Å². The molecular formula is C48H96O14. The van der Waals surface area contributed by atoms with Gasteiger partial charge in [-0.25, -0.2) is 0 Å². The highest BCUT2D eigenvalue weighted by Gasteiger charge is 2.03. The molecule has 0 aliphatic rings. The third kappa shape index (κ3) is 57.0. The summed E-state index contributed by atoms with van der Waals surface area (Å²) in [4.78, 5) is 11.6. The van der Waals surface area contributed by atoms with Crippen LogP contribution >= 0.6 is 0 Å². The van der Waals surface area contributed by atoms with Gasteiger partial charge >= 0.3 is 5.97 Å². The van der Waals surface area contributed by atoms with E-state index in [0.29, 0.717) is 158 Å². The minimum Gasteiger partial charge on any atom is -0.463 e. The molecule has 0 unspecified atom stereocenters. The van der Waals surface area contributed by atoms with Crippen molar-refractivity contribution in [3.05, 3.63) is 0 Å². The van der Waals surface area contributed by atoms with E-state index in [-0.39, 0.29) is 12.6 Å². The zero-order valence-corrected chi connectivity index (χ0v) is 40.0. The van der Waals surface area contributed by atoms with Gasteiger partial charge in [-0.3, -0.25) is 4.79 Å². The number of hydrogen-bond acceptors (Lipinski definition) is 14. The molecule has 0 N–H and O–H groups in total. The van der Waals surface area contributed by atoms with E-state index >= 15 is 0 Å². The lowest BCUT2D eigenvalue weighted by Crippen LogP contribution is -2.15. The standard InChI is InChI=1S/C48H96O14/c1-3-5-7-9-10-11-12-13-14-15-16-17-19-21-23-50-24-25-51-26-27-52-28-29-53-30-31-54-32-33-55-34-35-56-36-37-57-38-39-58-40-41-59-42-43-60-44-45-61-46-47-62-48(49)22-20-18-8-6-4-2/h3-47H2,1-2H3. The Morgan fingerprint density at radius 3 is 0.677 bits per heavy atom. The largest absolute Gasteiger partial charge is 0.463 e. The van der Waals surface area contributed by atoms with Gasteiger partial charge in [0, 0.05) is 13.0 Å². The van der Waals surface area contributed by atoms with Gasteiger partial charge in [0.2, 0.25) is 0 Å². The minimum absolute atomic E-state index is 0.146. The molecule has 0 saturated carbocycles. The first-order valence-corrected chi connectivity index (χ1v) is 24.9. The first kappa shape index (κ1) is 61.0. The Bertz CT molecular complexity index is 812. The van der Waals surface area contributed by atoms with Crippen LogP contribution in [0.15, 0.2) is 0 Å². The number of carbonyl (C=O) groups is 1. The molecule has 372 valence electrons. The fraction of sp³-hybridized carbons (Fsp3) is 0.979. The Balaban J connectivity index is 3.09. The average Bonchev–Trinajstić information content (AvgIpc) is 3.28. The van der Waals surface area contributed by atoms with E-state index in [2.05, 4.69) is 13.8 Å². The molecule has 0 heterocycles. The molecule has 0 aromatic rings. The lowest BCUT2D eigenvalue weighted by atomic mass is 10.0. The zero-order valence-electron chi connectivity index (χ0n) is 40.0. The molecule has 62 heavy (non-hydrogen) atoms. The number of esters is 1. The van der Waals surface area contributed by atoms with Crippen LogP contribution in [0.2, 0.25) is 0 Å². The summed E-state index contributed by atoms with van der Waals surface area (Å²) in [6.07, 6.45) is 25.3. The van der Waals surface area contributed by atoms with Gasteiger partial charge in [0.1, 0.15) is 6.61 Å². The second-order valence-corrected chi connectivity index (χ2v) is 15.3. The van der Waals surface area contributed by atoms with Gasteiger partial charge in [-0.2, -0.15) is 0 Å². The summed E-state index contributed by atoms with van der Waals surface area (Å²) >= 11 is 0. The molecular weight excluding hydrogens is 801 g/mol. The van der Waals surface area contributed by atoms with Crippen LogP contribution in [0.5, 0.6) is 0 Å². The highest BCUT2D eigenvalue weighted by atomic mass is 16.6. The van der Waals surface area contributed by atoms with Crippen molar-refractivity contribution in [3.8, 4) is 0 Å². The third-order valence-corrected chi connectivity index (χ3v) is 9.71. The predicted molar refractivity (Wildman–Crippen MR) is 244 cm³/mol. The van der Waals surface area contributed by atoms with Gasteiger partial charge in [0.15, 0.2) is 0 Å². The van der Waals surface area contributed by atoms with Crippen LogP contribution in [0, 0.1) is 0 Å². The summed E-state index contributed by atoms with van der Waals surface area (Å²) in [7, 11) is 0. The van der Waals surface area contributed by atoms with Gasteiger partial charge in [0.05, 0.1) is 152 Å². The third-order valence-electron chi connectivity index (χ3n) is 9.71. The van der Waals surface area contributed by atoms with Crippen molar-refractivity contribution in [1.29, 1.82) is 0 Å². The number of rotatable bonds is 57. The van der Waals surface area contributed by atoms with E-state index < -0.39 is 0 Å². The molecule has 0 aliphatic carbocycles. The Morgan fingerprint density at radius 2 is 0.419 bits per heavy atom. The maximum atomic E-state index is 11.6. The number of hydrogen-bond donors (Lipinski definition) is 0. The number of unbranched alkanes of at least 4 members (excludes halogenated alkanes) is 17. The molecule has 0 rings (SSSR count). The first-order valence-electron chi connectivity index (χ1n) is 24.9. The second kappa shape index (κ2) is 58.0. The van der Waals surface area contributed by atoms with Crippen LogP contribution in [0.3, 0.4) is 0 Å². The molecule has 0 aromatic heterocycles. The maximum Gasteiger partial charge on any atom is 0.305 e. The normalized spacial score (nSPS) is 11.6. The summed E-state index contributed by atoms with van der Waals surface area (Å²) in [5.74, 6) is -0.146. The Labute approximate surface area is 379 Å². The van der Waals surface area contributed by atoms with E-state index in [4.69, 9.17) is 61.6 Å². The van der Waals surface area contributed by atoms with E-state index in [1.54, 1.807) is 0 Å². The van der Waals surface area contributed by atoms with Gasteiger partial charge in [0.25, 0.3) is 0 Å². The summed E-state index contributed by atoms with van der Waals surface area (Å²) in [6, 6.07) is 0. The van der Waals surface area contributed by atoms with Crippen LogP contribution in [0.4, 0.5) is 0 Å². The Hall–Kier alpha value is -1.01. The molecule has 0 radical (unpaired) electrons. The lowest BCUT2D eigenvalue weighted by molar-refractivity contribution is -0.145. The average molecular weight is 897 g/mol. The molecule has 14 heteroatoms. The number of carbonyl (C=O) groups excluding carboxylic acids is 1. The molecule has 0 atom stereocenters. The van der Waals surface area contributed by atoms with Crippen LogP contribution in [0.25, 0.3) is 0 Å². The van der Waals surface area contributed by atoms with E-state index in [0.717, 1.165) is 25.9 Å². The van der Waals surface area contributed by atoms with Crippen molar-refractivity contribution in [2.45, 2.75) is 142 Å². The molecule has 0 saturated heterocycles. The Morgan fingerprint density at radius 1 is 0.226 bits per heavy atom. The fourth-order valence-electron chi connectivity index (χ4n) is 6.08. The summed E-state index contributed by atoms with van der Waals surface area (Å²) in [6.45, 7) is 17.4. The van der Waals surface area contributed by atoms with Crippen molar-refractivity contribution in [2.75, 3.05) is 165 Å². The Kier molecular flexibility index (Phi) is 57.1. The fourth-order valence-corrected chi connectivity index (χ4v) is 6.08. The lowest BCUT2D eigenvalue weighted by Gasteiger charge is -2.09. The van der Waals surface area contributed by atoms with Crippen LogP contribution in [-0.2, 0) is 66.4 Å². The quantitative estimate of drug-likeness (QED) is 0.0426. The molecule has 0 aromatic carbocycles. The van der Waals surface area contributed by atoms with Crippen LogP contribution in [-0.4, -0.2) is 171 Å². The summed E-state index contributed by atoms with van der Waals surface area (Å²) in [5.41, 5.74) is 0. The van der Waals surface area contributed by atoms with Gasteiger partial charge in [-0.05, 0) is 12.8 Å². The predicted octanol–water partition coefficient (Wildman–Crippen LogP) is 8.57. The molecule has 0 bridgehead atoms. The van der Waals surface area contributed by atoms with Crippen LogP contribution in [0.1, 0.15) is 142 Å². The van der Waals surface area contributed by atoms with Gasteiger partial charge in [-0.1, -0.05) is 123 Å². The second-order valence-electron chi connectivity index (χ2n) is 15.3. The van der Waals surface area contributed by atoms with Gasteiger partial charge in [-0.15, -0.1) is 0 Å². The monoisotopic (exact) mass is 897 g/mol. The smallest absolute Gasteiger partial charge is 0.305 e. The summed E-state index contributed by atoms with van der Waals surface area (Å²) in [5, 5.41) is 0.